The van der Waals surface area contributed by atoms with Crippen molar-refractivity contribution in [3.05, 3.63) is 123 Å². The minimum Gasteiger partial charge on any atom is -0.397 e. The fourth-order valence-electron chi connectivity index (χ4n) is 5.05. The largest absolute Gasteiger partial charge is 0.397 e. The van der Waals surface area contributed by atoms with Crippen molar-refractivity contribution in [2.24, 2.45) is 0 Å². The second-order valence-electron chi connectivity index (χ2n) is 9.26. The Bertz CT molecular complexity index is 1380. The number of dihydropyridines is 1. The number of ketones is 1. The molecule has 0 saturated carbocycles. The van der Waals surface area contributed by atoms with E-state index in [9.17, 15) is 14.0 Å². The smallest absolute Gasteiger partial charge is 0.254 e. The molecule has 0 fully saturated rings. The summed E-state index contributed by atoms with van der Waals surface area (Å²) < 4.78 is 13.4. The Balaban J connectivity index is 0.00000107. The van der Waals surface area contributed by atoms with Gasteiger partial charge in [0.1, 0.15) is 5.82 Å². The summed E-state index contributed by atoms with van der Waals surface area (Å²) in [5.74, 6) is -1.22. The number of amides is 1. The highest BCUT2D eigenvalue weighted by molar-refractivity contribution is 6.30. The molecule has 0 saturated heterocycles. The van der Waals surface area contributed by atoms with Crippen molar-refractivity contribution < 1.29 is 19.1 Å². The normalized spacial score (nSPS) is 18.7. The van der Waals surface area contributed by atoms with Crippen molar-refractivity contribution in [2.45, 2.75) is 38.5 Å². The molecule has 3 aromatic carbocycles. The van der Waals surface area contributed by atoms with Crippen LogP contribution in [-0.4, -0.2) is 23.4 Å². The van der Waals surface area contributed by atoms with E-state index in [0.717, 1.165) is 16.8 Å². The van der Waals surface area contributed by atoms with Gasteiger partial charge in [-0.1, -0.05) is 54.1 Å². The zero-order valence-electron chi connectivity index (χ0n) is 21.3. The topological polar surface area (TPSA) is 78.4 Å². The Hall–Kier alpha value is -3.74. The van der Waals surface area contributed by atoms with E-state index >= 15 is 0 Å². The molecule has 1 heterocycles. The van der Waals surface area contributed by atoms with Crippen LogP contribution < -0.4 is 10.6 Å². The van der Waals surface area contributed by atoms with Gasteiger partial charge in [0, 0.05) is 52.2 Å². The van der Waals surface area contributed by atoms with Crippen molar-refractivity contribution in [1.82, 2.24) is 5.32 Å². The van der Waals surface area contributed by atoms with E-state index in [2.05, 4.69) is 10.6 Å². The van der Waals surface area contributed by atoms with Crippen LogP contribution in [0.3, 0.4) is 0 Å². The highest BCUT2D eigenvalue weighted by Crippen LogP contribution is 2.46. The highest BCUT2D eigenvalue weighted by atomic mass is 35.5. The van der Waals surface area contributed by atoms with Crippen LogP contribution in [0.2, 0.25) is 5.02 Å². The van der Waals surface area contributed by atoms with Gasteiger partial charge in [-0.2, -0.15) is 0 Å². The molecule has 2 unspecified atom stereocenters. The molecule has 196 valence electrons. The summed E-state index contributed by atoms with van der Waals surface area (Å²) in [6, 6.07) is 22.9. The molecule has 2 aliphatic rings. The molecule has 5 rings (SSSR count). The fourth-order valence-corrected chi connectivity index (χ4v) is 5.25. The molecule has 0 spiro atoms. The van der Waals surface area contributed by atoms with Crippen molar-refractivity contribution in [2.75, 3.05) is 11.9 Å². The first-order valence-corrected chi connectivity index (χ1v) is 12.9. The number of allylic oxidation sites excluding steroid dienone is 3. The second-order valence-corrected chi connectivity index (χ2v) is 9.70. The lowest BCUT2D eigenvalue weighted by atomic mass is 9.71. The van der Waals surface area contributed by atoms with E-state index in [1.165, 1.54) is 24.3 Å². The van der Waals surface area contributed by atoms with E-state index in [-0.39, 0.29) is 30.0 Å². The van der Waals surface area contributed by atoms with Gasteiger partial charge in [-0.15, -0.1) is 0 Å². The van der Waals surface area contributed by atoms with E-state index < -0.39 is 5.92 Å². The number of nitrogens with one attached hydrogen (secondary N) is 2. The minimum atomic E-state index is -0.561. The third-order valence-electron chi connectivity index (χ3n) is 6.63. The first kappa shape index (κ1) is 27.3. The maximum absolute atomic E-state index is 13.6. The molecule has 1 aliphatic heterocycles. The highest BCUT2D eigenvalue weighted by Gasteiger charge is 2.41. The van der Waals surface area contributed by atoms with E-state index in [0.29, 0.717) is 40.4 Å². The number of hydrogen-bond donors (Lipinski definition) is 3. The standard InChI is InChI=1S/C29H24ClFN2O2.C2H6O/c1-17-26(29(35)33-23-12-10-22(31)11-13-23)27(19-8-5-9-21(30)14-19)28-24(32-17)15-20(16-25(28)34)18-6-3-2-4-7-18;1-2-3/h2-14,20,27,32H,15-16H2,1H3,(H,33,35);3H,2H2,1H3. The zero-order valence-corrected chi connectivity index (χ0v) is 22.1. The van der Waals surface area contributed by atoms with Crippen LogP contribution in [0.15, 0.2) is 101 Å². The summed E-state index contributed by atoms with van der Waals surface area (Å²) in [5, 5.41) is 14.3. The summed E-state index contributed by atoms with van der Waals surface area (Å²) in [6.45, 7) is 3.78. The maximum atomic E-state index is 13.6. The van der Waals surface area contributed by atoms with Crippen molar-refractivity contribution in [1.29, 1.82) is 0 Å². The molecule has 3 aromatic rings. The number of halogens is 2. The third-order valence-corrected chi connectivity index (χ3v) is 6.86. The summed E-state index contributed by atoms with van der Waals surface area (Å²) in [5.41, 5.74) is 4.94. The number of Topliss-reactive ketones (excluding diaryl/α,β-unsaturated/α-hetero) is 1. The Morgan fingerprint density at radius 2 is 1.68 bits per heavy atom. The van der Waals surface area contributed by atoms with Gasteiger partial charge < -0.3 is 15.7 Å². The van der Waals surface area contributed by atoms with Gasteiger partial charge >= 0.3 is 0 Å². The van der Waals surface area contributed by atoms with Crippen LogP contribution in [0, 0.1) is 5.82 Å². The van der Waals surface area contributed by atoms with Gasteiger partial charge in [-0.05, 0) is 73.7 Å². The minimum absolute atomic E-state index is 0.0113. The van der Waals surface area contributed by atoms with E-state index in [1.807, 2.05) is 49.4 Å². The first-order valence-electron chi connectivity index (χ1n) is 12.5. The number of aliphatic hydroxyl groups excluding tert-OH is 1. The van der Waals surface area contributed by atoms with Crippen molar-refractivity contribution >= 4 is 29.0 Å². The molecule has 0 radical (unpaired) electrons. The Morgan fingerprint density at radius 3 is 2.34 bits per heavy atom. The Labute approximate surface area is 227 Å². The van der Waals surface area contributed by atoms with Gasteiger partial charge in [0.25, 0.3) is 5.91 Å². The molecule has 38 heavy (non-hydrogen) atoms. The van der Waals surface area contributed by atoms with Gasteiger partial charge in [-0.3, -0.25) is 9.59 Å². The summed E-state index contributed by atoms with van der Waals surface area (Å²) >= 11 is 6.32. The number of carbonyl (C=O) groups is 2. The lowest BCUT2D eigenvalue weighted by Crippen LogP contribution is -2.37. The van der Waals surface area contributed by atoms with Gasteiger partial charge in [0.05, 0.1) is 0 Å². The molecular formula is C31H30ClFN2O3. The quantitative estimate of drug-likeness (QED) is 0.359. The molecule has 3 N–H and O–H groups in total. The number of anilines is 1. The van der Waals surface area contributed by atoms with Gasteiger partial charge in [0.15, 0.2) is 5.78 Å². The molecule has 1 aliphatic carbocycles. The zero-order chi connectivity index (χ0) is 27.2. The molecular weight excluding hydrogens is 503 g/mol. The summed E-state index contributed by atoms with van der Waals surface area (Å²) in [6.07, 6.45) is 1.04. The van der Waals surface area contributed by atoms with Crippen LogP contribution >= 0.6 is 11.6 Å². The number of rotatable bonds is 4. The second kappa shape index (κ2) is 12.2. The average Bonchev–Trinajstić information content (AvgIpc) is 2.90. The molecule has 0 bridgehead atoms. The monoisotopic (exact) mass is 532 g/mol. The van der Waals surface area contributed by atoms with Crippen LogP contribution in [-0.2, 0) is 9.59 Å². The summed E-state index contributed by atoms with van der Waals surface area (Å²) in [4.78, 5) is 27.2. The van der Waals surface area contributed by atoms with Gasteiger partial charge in [-0.25, -0.2) is 4.39 Å². The van der Waals surface area contributed by atoms with Crippen LogP contribution in [0.5, 0.6) is 0 Å². The Kier molecular flexibility index (Phi) is 8.77. The van der Waals surface area contributed by atoms with Gasteiger partial charge in [0.2, 0.25) is 0 Å². The lowest BCUT2D eigenvalue weighted by molar-refractivity contribution is -0.116. The van der Waals surface area contributed by atoms with E-state index in [4.69, 9.17) is 16.7 Å². The number of aliphatic hydroxyl groups is 1. The molecule has 7 heteroatoms. The van der Waals surface area contributed by atoms with E-state index in [1.54, 1.807) is 19.1 Å². The number of hydrogen-bond acceptors (Lipinski definition) is 4. The van der Waals surface area contributed by atoms with Crippen LogP contribution in [0.4, 0.5) is 10.1 Å². The number of benzene rings is 3. The molecule has 1 amide bonds. The van der Waals surface area contributed by atoms with Crippen molar-refractivity contribution in [3.8, 4) is 0 Å². The van der Waals surface area contributed by atoms with Crippen LogP contribution in [0.25, 0.3) is 0 Å². The predicted molar refractivity (Wildman–Crippen MR) is 148 cm³/mol. The Morgan fingerprint density at radius 1 is 1.03 bits per heavy atom. The maximum Gasteiger partial charge on any atom is 0.254 e. The molecule has 0 aromatic heterocycles. The SMILES string of the molecule is CC1=C(C(=O)Nc2ccc(F)cc2)C(c2cccc(Cl)c2)C2=C(CC(c3ccccc3)CC2=O)N1.CCO. The fraction of sp³-hybridized carbons (Fsp3) is 0.226. The predicted octanol–water partition coefficient (Wildman–Crippen LogP) is 6.48. The molecule has 2 atom stereocenters. The third kappa shape index (κ3) is 6.04. The number of carbonyl (C=O) groups excluding carboxylic acids is 2. The first-order chi connectivity index (χ1) is 18.3. The van der Waals surface area contributed by atoms with Crippen LogP contribution in [0.1, 0.15) is 49.7 Å². The van der Waals surface area contributed by atoms with Crippen molar-refractivity contribution in [3.63, 3.8) is 0 Å². The average molecular weight is 533 g/mol. The summed E-state index contributed by atoms with van der Waals surface area (Å²) in [7, 11) is 0. The molecule has 5 nitrogen and oxygen atoms in total. The lowest BCUT2D eigenvalue weighted by Gasteiger charge is -2.37.